The Morgan fingerprint density at radius 3 is 2.92 bits per heavy atom. The molecule has 3 aliphatic heterocycles. The van der Waals surface area contributed by atoms with Crippen molar-refractivity contribution in [2.24, 2.45) is 0 Å². The second kappa shape index (κ2) is 6.27. The Labute approximate surface area is 144 Å². The first kappa shape index (κ1) is 15.7. The summed E-state index contributed by atoms with van der Waals surface area (Å²) in [5.41, 5.74) is 1.00. The van der Waals surface area contributed by atoms with Crippen molar-refractivity contribution in [2.45, 2.75) is 18.9 Å². The van der Waals surface area contributed by atoms with Gasteiger partial charge < -0.3 is 24.6 Å². The van der Waals surface area contributed by atoms with Gasteiger partial charge >= 0.3 is 0 Å². The Bertz CT molecular complexity index is 735. The number of carbonyl (C=O) groups excluding carboxylic acids is 3. The van der Waals surface area contributed by atoms with Crippen LogP contribution in [0.15, 0.2) is 18.2 Å². The Morgan fingerprint density at radius 2 is 2.04 bits per heavy atom. The van der Waals surface area contributed by atoms with E-state index in [4.69, 9.17) is 9.47 Å². The third kappa shape index (κ3) is 2.99. The SMILES string of the molecule is O=C1NCC(=O)N2CCN(C(=O)CCc3ccc4c(c3)OCO4)C[C@H]12. The van der Waals surface area contributed by atoms with E-state index in [0.717, 1.165) is 11.3 Å². The van der Waals surface area contributed by atoms with E-state index in [9.17, 15) is 14.4 Å². The molecule has 0 spiro atoms. The number of piperazine rings is 2. The van der Waals surface area contributed by atoms with Crippen molar-refractivity contribution in [3.05, 3.63) is 23.8 Å². The number of nitrogens with one attached hydrogen (secondary N) is 1. The molecule has 0 saturated carbocycles. The van der Waals surface area contributed by atoms with E-state index in [0.29, 0.717) is 31.7 Å². The Kier molecular flexibility index (Phi) is 3.95. The third-order valence-electron chi connectivity index (χ3n) is 4.83. The van der Waals surface area contributed by atoms with Crippen LogP contribution in [-0.2, 0) is 20.8 Å². The lowest BCUT2D eigenvalue weighted by atomic mass is 10.1. The van der Waals surface area contributed by atoms with Crippen LogP contribution in [0.2, 0.25) is 0 Å². The van der Waals surface area contributed by atoms with Gasteiger partial charge in [0.15, 0.2) is 11.5 Å². The smallest absolute Gasteiger partial charge is 0.245 e. The standard InChI is InChI=1S/C17H19N3O5/c21-15(4-2-11-1-3-13-14(7-11)25-10-24-13)19-5-6-20-12(9-19)17(23)18-8-16(20)22/h1,3,7,12H,2,4-6,8-10H2,(H,18,23)/t12-/m1/s1. The van der Waals surface area contributed by atoms with Crippen LogP contribution in [0.5, 0.6) is 11.5 Å². The maximum Gasteiger partial charge on any atom is 0.245 e. The second-order valence-corrected chi connectivity index (χ2v) is 6.35. The molecular formula is C17H19N3O5. The van der Waals surface area contributed by atoms with E-state index < -0.39 is 6.04 Å². The van der Waals surface area contributed by atoms with Gasteiger partial charge in [0.05, 0.1) is 13.1 Å². The lowest BCUT2D eigenvalue weighted by Gasteiger charge is -2.42. The van der Waals surface area contributed by atoms with Gasteiger partial charge in [0.25, 0.3) is 0 Å². The van der Waals surface area contributed by atoms with Gasteiger partial charge in [-0.1, -0.05) is 6.07 Å². The average molecular weight is 345 g/mol. The van der Waals surface area contributed by atoms with Crippen LogP contribution in [0.1, 0.15) is 12.0 Å². The molecule has 3 heterocycles. The van der Waals surface area contributed by atoms with Gasteiger partial charge in [-0.05, 0) is 24.1 Å². The van der Waals surface area contributed by atoms with Crippen molar-refractivity contribution in [1.82, 2.24) is 15.1 Å². The summed E-state index contributed by atoms with van der Waals surface area (Å²) in [5.74, 6) is 1.14. The normalized spacial score (nSPS) is 21.8. The molecule has 0 aliphatic carbocycles. The molecule has 132 valence electrons. The fourth-order valence-corrected chi connectivity index (χ4v) is 3.42. The zero-order valence-electron chi connectivity index (χ0n) is 13.7. The van der Waals surface area contributed by atoms with Crippen LogP contribution in [0.3, 0.4) is 0 Å². The molecule has 8 heteroatoms. The quantitative estimate of drug-likeness (QED) is 0.799. The lowest BCUT2D eigenvalue weighted by Crippen LogP contribution is -2.66. The van der Waals surface area contributed by atoms with E-state index >= 15 is 0 Å². The highest BCUT2D eigenvalue weighted by Gasteiger charge is 2.39. The zero-order chi connectivity index (χ0) is 17.4. The molecule has 25 heavy (non-hydrogen) atoms. The number of hydrogen-bond acceptors (Lipinski definition) is 5. The highest BCUT2D eigenvalue weighted by molar-refractivity contribution is 5.95. The minimum absolute atomic E-state index is 0.0110. The summed E-state index contributed by atoms with van der Waals surface area (Å²) in [6.07, 6.45) is 0.938. The van der Waals surface area contributed by atoms with Gasteiger partial charge in [0.2, 0.25) is 24.5 Å². The minimum Gasteiger partial charge on any atom is -0.454 e. The van der Waals surface area contributed by atoms with E-state index in [2.05, 4.69) is 5.32 Å². The molecule has 8 nitrogen and oxygen atoms in total. The van der Waals surface area contributed by atoms with Crippen molar-refractivity contribution in [3.63, 3.8) is 0 Å². The van der Waals surface area contributed by atoms with Crippen LogP contribution >= 0.6 is 0 Å². The number of ether oxygens (including phenoxy) is 2. The van der Waals surface area contributed by atoms with Crippen LogP contribution in [0.4, 0.5) is 0 Å². The summed E-state index contributed by atoms with van der Waals surface area (Å²) >= 11 is 0. The summed E-state index contributed by atoms with van der Waals surface area (Å²) in [7, 11) is 0. The summed E-state index contributed by atoms with van der Waals surface area (Å²) in [4.78, 5) is 39.5. The molecule has 1 aromatic rings. The Balaban J connectivity index is 1.35. The highest BCUT2D eigenvalue weighted by Crippen LogP contribution is 2.32. The van der Waals surface area contributed by atoms with E-state index in [1.807, 2.05) is 18.2 Å². The van der Waals surface area contributed by atoms with Crippen LogP contribution < -0.4 is 14.8 Å². The topological polar surface area (TPSA) is 88.2 Å². The largest absolute Gasteiger partial charge is 0.454 e. The fraction of sp³-hybridized carbons (Fsp3) is 0.471. The van der Waals surface area contributed by atoms with Gasteiger partial charge in [0, 0.05) is 19.5 Å². The number of nitrogens with zero attached hydrogens (tertiary/aromatic N) is 2. The molecule has 1 atom stereocenters. The first-order valence-electron chi connectivity index (χ1n) is 8.35. The maximum absolute atomic E-state index is 12.5. The number of fused-ring (bicyclic) bond motifs is 2. The summed E-state index contributed by atoms with van der Waals surface area (Å²) in [6, 6.07) is 5.09. The van der Waals surface area contributed by atoms with Crippen molar-refractivity contribution in [1.29, 1.82) is 0 Å². The van der Waals surface area contributed by atoms with Crippen molar-refractivity contribution >= 4 is 17.7 Å². The van der Waals surface area contributed by atoms with E-state index in [1.54, 1.807) is 9.80 Å². The van der Waals surface area contributed by atoms with Crippen molar-refractivity contribution < 1.29 is 23.9 Å². The molecule has 3 aliphatic rings. The molecule has 4 rings (SSSR count). The molecule has 2 fully saturated rings. The number of carbonyl (C=O) groups is 3. The maximum atomic E-state index is 12.5. The highest BCUT2D eigenvalue weighted by atomic mass is 16.7. The molecular weight excluding hydrogens is 326 g/mol. The van der Waals surface area contributed by atoms with Crippen LogP contribution in [0.25, 0.3) is 0 Å². The zero-order valence-corrected chi connectivity index (χ0v) is 13.7. The summed E-state index contributed by atoms with van der Waals surface area (Å²) in [6.45, 7) is 1.41. The van der Waals surface area contributed by atoms with Crippen LogP contribution in [0, 0.1) is 0 Å². The fourth-order valence-electron chi connectivity index (χ4n) is 3.42. The number of aryl methyl sites for hydroxylation is 1. The van der Waals surface area contributed by atoms with Crippen LogP contribution in [-0.4, -0.2) is 66.5 Å². The number of amides is 3. The molecule has 0 radical (unpaired) electrons. The van der Waals surface area contributed by atoms with Gasteiger partial charge in [-0.2, -0.15) is 0 Å². The lowest BCUT2D eigenvalue weighted by molar-refractivity contribution is -0.152. The molecule has 0 unspecified atom stereocenters. The second-order valence-electron chi connectivity index (χ2n) is 6.35. The van der Waals surface area contributed by atoms with Gasteiger partial charge in [-0.25, -0.2) is 0 Å². The van der Waals surface area contributed by atoms with Gasteiger partial charge in [-0.3, -0.25) is 14.4 Å². The Hall–Kier alpha value is -2.77. The average Bonchev–Trinajstić information content (AvgIpc) is 3.10. The van der Waals surface area contributed by atoms with Gasteiger partial charge in [0.1, 0.15) is 6.04 Å². The van der Waals surface area contributed by atoms with E-state index in [1.165, 1.54) is 0 Å². The number of hydrogen-bond donors (Lipinski definition) is 1. The van der Waals surface area contributed by atoms with Crippen molar-refractivity contribution in [3.8, 4) is 11.5 Å². The monoisotopic (exact) mass is 345 g/mol. The molecule has 0 bridgehead atoms. The van der Waals surface area contributed by atoms with Gasteiger partial charge in [-0.15, -0.1) is 0 Å². The molecule has 3 amide bonds. The minimum atomic E-state index is -0.565. The predicted octanol–water partition coefficient (Wildman–Crippen LogP) is -0.483. The number of rotatable bonds is 3. The number of benzene rings is 1. The summed E-state index contributed by atoms with van der Waals surface area (Å²) in [5, 5.41) is 2.58. The molecule has 2 saturated heterocycles. The Morgan fingerprint density at radius 1 is 1.20 bits per heavy atom. The first-order chi connectivity index (χ1) is 12.1. The predicted molar refractivity (Wildman–Crippen MR) is 86.0 cm³/mol. The molecule has 1 N–H and O–H groups in total. The third-order valence-corrected chi connectivity index (χ3v) is 4.83. The molecule has 1 aromatic carbocycles. The van der Waals surface area contributed by atoms with Crippen molar-refractivity contribution in [2.75, 3.05) is 33.0 Å². The summed E-state index contributed by atoms with van der Waals surface area (Å²) < 4.78 is 10.6. The van der Waals surface area contributed by atoms with E-state index in [-0.39, 0.29) is 37.6 Å². The first-order valence-corrected chi connectivity index (χ1v) is 8.35. The molecule has 0 aromatic heterocycles.